The van der Waals surface area contributed by atoms with E-state index < -0.39 is 0 Å². The number of rotatable bonds is 6. The van der Waals surface area contributed by atoms with E-state index in [0.29, 0.717) is 44.0 Å². The molecule has 0 spiro atoms. The zero-order chi connectivity index (χ0) is 22.5. The molecule has 1 aliphatic rings. The van der Waals surface area contributed by atoms with Crippen LogP contribution in [0.1, 0.15) is 46.0 Å². The molecule has 1 aromatic carbocycles. The first-order valence-electron chi connectivity index (χ1n) is 10.7. The second-order valence-electron chi connectivity index (χ2n) is 7.65. The Morgan fingerprint density at radius 1 is 1.22 bits per heavy atom. The van der Waals surface area contributed by atoms with E-state index in [4.69, 9.17) is 20.2 Å². The summed E-state index contributed by atoms with van der Waals surface area (Å²) < 4.78 is 11.5. The molecule has 166 valence electrons. The molecular weight excluding hydrogens is 406 g/mol. The number of carbonyl (C=O) groups is 1. The summed E-state index contributed by atoms with van der Waals surface area (Å²) in [5.41, 5.74) is 9.55. The van der Waals surface area contributed by atoms with Crippen molar-refractivity contribution in [2.24, 2.45) is 0 Å². The maximum absolute atomic E-state index is 13.0. The van der Waals surface area contributed by atoms with Crippen molar-refractivity contribution in [2.75, 3.05) is 32.0 Å². The molecule has 32 heavy (non-hydrogen) atoms. The number of amides is 1. The van der Waals surface area contributed by atoms with Crippen LogP contribution in [-0.2, 0) is 11.2 Å². The van der Waals surface area contributed by atoms with Crippen LogP contribution in [0, 0.1) is 6.92 Å². The van der Waals surface area contributed by atoms with Gasteiger partial charge in [-0.3, -0.25) is 9.78 Å². The summed E-state index contributed by atoms with van der Waals surface area (Å²) in [5, 5.41) is 0. The SMILES string of the molecule is CCOc1ccc(Cc2cccc([C@H]3CN(C(=O)c4cnc(N)nc4C)CCO3)n2)cc1. The van der Waals surface area contributed by atoms with Gasteiger partial charge in [0, 0.05) is 24.9 Å². The van der Waals surface area contributed by atoms with E-state index in [0.717, 1.165) is 22.7 Å². The number of hydrogen-bond donors (Lipinski definition) is 1. The van der Waals surface area contributed by atoms with Crippen molar-refractivity contribution < 1.29 is 14.3 Å². The molecule has 2 N–H and O–H groups in total. The van der Waals surface area contributed by atoms with Crippen LogP contribution in [0.2, 0.25) is 0 Å². The number of aromatic nitrogens is 3. The Hall–Kier alpha value is -3.52. The normalized spacial score (nSPS) is 16.1. The highest BCUT2D eigenvalue weighted by Gasteiger charge is 2.28. The maximum atomic E-state index is 13.0. The summed E-state index contributed by atoms with van der Waals surface area (Å²) in [6, 6.07) is 14.0. The lowest BCUT2D eigenvalue weighted by molar-refractivity contribution is -0.0248. The number of benzene rings is 1. The van der Waals surface area contributed by atoms with Crippen LogP contribution in [0.4, 0.5) is 5.95 Å². The zero-order valence-corrected chi connectivity index (χ0v) is 18.3. The molecule has 1 aliphatic heterocycles. The van der Waals surface area contributed by atoms with Gasteiger partial charge in [-0.2, -0.15) is 0 Å². The van der Waals surface area contributed by atoms with Crippen LogP contribution >= 0.6 is 0 Å². The molecule has 0 aliphatic carbocycles. The minimum Gasteiger partial charge on any atom is -0.494 e. The van der Waals surface area contributed by atoms with Crippen molar-refractivity contribution in [3.63, 3.8) is 0 Å². The Morgan fingerprint density at radius 2 is 2.03 bits per heavy atom. The standard InChI is InChI=1S/C24H27N5O3/c1-3-31-19-9-7-17(8-10-19)13-18-5-4-6-21(28-18)22-15-29(11-12-32-22)23(30)20-14-26-24(25)27-16(20)2/h4-10,14,22H,3,11-13,15H2,1-2H3,(H2,25,26,27)/t22-/m1/s1. The minimum absolute atomic E-state index is 0.124. The number of nitrogen functional groups attached to an aromatic ring is 1. The molecule has 1 atom stereocenters. The Morgan fingerprint density at radius 3 is 2.78 bits per heavy atom. The predicted molar refractivity (Wildman–Crippen MR) is 120 cm³/mol. The quantitative estimate of drug-likeness (QED) is 0.637. The number of carbonyl (C=O) groups excluding carboxylic acids is 1. The lowest BCUT2D eigenvalue weighted by Crippen LogP contribution is -2.42. The molecule has 2 aromatic heterocycles. The van der Waals surface area contributed by atoms with Gasteiger partial charge in [0.15, 0.2) is 0 Å². The fourth-order valence-electron chi connectivity index (χ4n) is 3.73. The topological polar surface area (TPSA) is 103 Å². The average molecular weight is 434 g/mol. The van der Waals surface area contributed by atoms with E-state index in [1.807, 2.05) is 49.4 Å². The number of morpholine rings is 1. The van der Waals surface area contributed by atoms with Gasteiger partial charge in [0.05, 0.1) is 36.7 Å². The van der Waals surface area contributed by atoms with Gasteiger partial charge in [0.1, 0.15) is 11.9 Å². The van der Waals surface area contributed by atoms with Crippen molar-refractivity contribution in [3.05, 3.63) is 76.9 Å². The van der Waals surface area contributed by atoms with Crippen molar-refractivity contribution in [3.8, 4) is 5.75 Å². The highest BCUT2D eigenvalue weighted by atomic mass is 16.5. The van der Waals surface area contributed by atoms with Crippen LogP contribution in [-0.4, -0.2) is 52.1 Å². The molecule has 1 fully saturated rings. The van der Waals surface area contributed by atoms with Gasteiger partial charge in [-0.25, -0.2) is 9.97 Å². The monoisotopic (exact) mass is 433 g/mol. The third-order valence-electron chi connectivity index (χ3n) is 5.36. The van der Waals surface area contributed by atoms with Gasteiger partial charge in [0.25, 0.3) is 5.91 Å². The van der Waals surface area contributed by atoms with Gasteiger partial charge in [-0.05, 0) is 43.7 Å². The van der Waals surface area contributed by atoms with Gasteiger partial charge in [-0.15, -0.1) is 0 Å². The minimum atomic E-state index is -0.289. The summed E-state index contributed by atoms with van der Waals surface area (Å²) in [6.45, 7) is 5.74. The Labute approximate surface area is 187 Å². The molecule has 0 saturated carbocycles. The van der Waals surface area contributed by atoms with Gasteiger partial charge < -0.3 is 20.1 Å². The van der Waals surface area contributed by atoms with E-state index in [1.54, 1.807) is 11.8 Å². The highest BCUT2D eigenvalue weighted by Crippen LogP contribution is 2.23. The van der Waals surface area contributed by atoms with Gasteiger partial charge in [0.2, 0.25) is 5.95 Å². The second kappa shape index (κ2) is 9.74. The second-order valence-corrected chi connectivity index (χ2v) is 7.65. The first-order valence-corrected chi connectivity index (χ1v) is 10.7. The first-order chi connectivity index (χ1) is 15.5. The molecule has 3 aromatic rings. The van der Waals surface area contributed by atoms with Crippen LogP contribution in [0.3, 0.4) is 0 Å². The molecular formula is C24H27N5O3. The van der Waals surface area contributed by atoms with Crippen molar-refractivity contribution in [1.29, 1.82) is 0 Å². The van der Waals surface area contributed by atoms with Crippen LogP contribution in [0.25, 0.3) is 0 Å². The van der Waals surface area contributed by atoms with Crippen LogP contribution < -0.4 is 10.5 Å². The lowest BCUT2D eigenvalue weighted by atomic mass is 10.1. The van der Waals surface area contributed by atoms with Gasteiger partial charge >= 0.3 is 0 Å². The van der Waals surface area contributed by atoms with E-state index >= 15 is 0 Å². The van der Waals surface area contributed by atoms with E-state index in [9.17, 15) is 4.79 Å². The molecule has 0 bridgehead atoms. The van der Waals surface area contributed by atoms with Crippen molar-refractivity contribution in [2.45, 2.75) is 26.4 Å². The van der Waals surface area contributed by atoms with E-state index in [-0.39, 0.29) is 18.0 Å². The number of aryl methyl sites for hydroxylation is 1. The molecule has 8 nitrogen and oxygen atoms in total. The Bertz CT molecular complexity index is 1090. The number of anilines is 1. The fraction of sp³-hybridized carbons (Fsp3) is 0.333. The third-order valence-corrected chi connectivity index (χ3v) is 5.36. The van der Waals surface area contributed by atoms with Gasteiger partial charge in [-0.1, -0.05) is 18.2 Å². The van der Waals surface area contributed by atoms with E-state index in [1.165, 1.54) is 6.20 Å². The number of nitrogens with two attached hydrogens (primary N) is 1. The molecule has 3 heterocycles. The van der Waals surface area contributed by atoms with Crippen LogP contribution in [0.5, 0.6) is 5.75 Å². The summed E-state index contributed by atoms with van der Waals surface area (Å²) in [4.78, 5) is 27.7. The summed E-state index contributed by atoms with van der Waals surface area (Å²) in [7, 11) is 0. The maximum Gasteiger partial charge on any atom is 0.257 e. The molecule has 1 saturated heterocycles. The lowest BCUT2D eigenvalue weighted by Gasteiger charge is -2.33. The Balaban J connectivity index is 1.46. The van der Waals surface area contributed by atoms with Crippen molar-refractivity contribution in [1.82, 2.24) is 19.9 Å². The number of ether oxygens (including phenoxy) is 2. The zero-order valence-electron chi connectivity index (χ0n) is 18.3. The summed E-state index contributed by atoms with van der Waals surface area (Å²) >= 11 is 0. The molecule has 0 unspecified atom stereocenters. The largest absolute Gasteiger partial charge is 0.494 e. The number of hydrogen-bond acceptors (Lipinski definition) is 7. The summed E-state index contributed by atoms with van der Waals surface area (Å²) in [6.07, 6.45) is 1.90. The van der Waals surface area contributed by atoms with Crippen LogP contribution in [0.15, 0.2) is 48.7 Å². The average Bonchev–Trinajstić information content (AvgIpc) is 2.80. The number of nitrogens with zero attached hydrogens (tertiary/aromatic N) is 4. The molecule has 8 heteroatoms. The molecule has 4 rings (SSSR count). The molecule has 0 radical (unpaired) electrons. The summed E-state index contributed by atoms with van der Waals surface area (Å²) in [5.74, 6) is 0.897. The molecule has 1 amide bonds. The smallest absolute Gasteiger partial charge is 0.257 e. The van der Waals surface area contributed by atoms with E-state index in [2.05, 4.69) is 9.97 Å². The fourth-order valence-corrected chi connectivity index (χ4v) is 3.73. The third kappa shape index (κ3) is 5.03. The number of pyridine rings is 1. The highest BCUT2D eigenvalue weighted by molar-refractivity contribution is 5.95. The predicted octanol–water partition coefficient (Wildman–Crippen LogP) is 2.97. The Kier molecular flexibility index (Phi) is 6.61. The van der Waals surface area contributed by atoms with Crippen molar-refractivity contribution >= 4 is 11.9 Å². The first kappa shape index (κ1) is 21.7.